The average Bonchev–Trinajstić information content (AvgIpc) is 3.01. The zero-order valence-corrected chi connectivity index (χ0v) is 17.4. The first-order chi connectivity index (χ1) is 13.9. The molecular formula is C20H33N3O6. The molecule has 1 unspecified atom stereocenters. The molecule has 0 radical (unpaired) electrons. The largest absolute Gasteiger partial charge is 0.379 e. The molecule has 1 aliphatic rings. The van der Waals surface area contributed by atoms with Gasteiger partial charge >= 0.3 is 0 Å². The topological polar surface area (TPSA) is 114 Å². The van der Waals surface area contributed by atoms with Gasteiger partial charge in [0, 0.05) is 44.1 Å². The van der Waals surface area contributed by atoms with Gasteiger partial charge in [-0.3, -0.25) is 24.1 Å². The van der Waals surface area contributed by atoms with Crippen molar-refractivity contribution in [2.45, 2.75) is 52.0 Å². The van der Waals surface area contributed by atoms with Gasteiger partial charge in [-0.1, -0.05) is 19.8 Å². The van der Waals surface area contributed by atoms with Crippen molar-refractivity contribution in [3.8, 4) is 0 Å². The van der Waals surface area contributed by atoms with Gasteiger partial charge in [-0.25, -0.2) is 0 Å². The second-order valence-corrected chi connectivity index (χ2v) is 6.85. The molecule has 0 fully saturated rings. The third kappa shape index (κ3) is 11.4. The third-order valence-electron chi connectivity index (χ3n) is 4.28. The van der Waals surface area contributed by atoms with Gasteiger partial charge in [0.1, 0.15) is 0 Å². The Morgan fingerprint density at radius 2 is 1.66 bits per heavy atom. The maximum Gasteiger partial charge on any atom is 0.253 e. The summed E-state index contributed by atoms with van der Waals surface area (Å²) in [6.07, 6.45) is 5.97. The van der Waals surface area contributed by atoms with Crippen LogP contribution in [0.4, 0.5) is 0 Å². The van der Waals surface area contributed by atoms with Crippen molar-refractivity contribution < 1.29 is 28.7 Å². The molecule has 1 aliphatic heterocycles. The van der Waals surface area contributed by atoms with Gasteiger partial charge < -0.3 is 20.1 Å². The van der Waals surface area contributed by atoms with E-state index in [0.29, 0.717) is 39.4 Å². The van der Waals surface area contributed by atoms with Crippen molar-refractivity contribution in [2.24, 2.45) is 0 Å². The van der Waals surface area contributed by atoms with E-state index in [4.69, 9.17) is 9.47 Å². The Hall–Kier alpha value is -2.26. The van der Waals surface area contributed by atoms with E-state index < -0.39 is 11.8 Å². The van der Waals surface area contributed by atoms with Crippen LogP contribution in [-0.4, -0.2) is 74.1 Å². The Morgan fingerprint density at radius 3 is 2.31 bits per heavy atom. The van der Waals surface area contributed by atoms with Crippen LogP contribution < -0.4 is 10.6 Å². The standard InChI is InChI=1S/C20H33N3O6/c1-3-4-5-16(2)22-18(25)9-12-28-14-15-29-13-10-21-17(24)8-11-23-19(26)6-7-20(23)27/h6-7,16H,3-5,8-15H2,1-2H3,(H,21,24)(H,22,25). The van der Waals surface area contributed by atoms with Crippen LogP contribution in [0.3, 0.4) is 0 Å². The van der Waals surface area contributed by atoms with Crippen LogP contribution >= 0.6 is 0 Å². The number of hydrogen-bond donors (Lipinski definition) is 2. The lowest BCUT2D eigenvalue weighted by atomic mass is 10.1. The third-order valence-corrected chi connectivity index (χ3v) is 4.28. The molecule has 0 bridgehead atoms. The summed E-state index contributed by atoms with van der Waals surface area (Å²) in [6, 6.07) is 0.189. The average molecular weight is 411 g/mol. The van der Waals surface area contributed by atoms with Gasteiger partial charge in [0.25, 0.3) is 11.8 Å². The summed E-state index contributed by atoms with van der Waals surface area (Å²) < 4.78 is 10.7. The molecule has 9 heteroatoms. The van der Waals surface area contributed by atoms with E-state index in [9.17, 15) is 19.2 Å². The summed E-state index contributed by atoms with van der Waals surface area (Å²) >= 11 is 0. The Morgan fingerprint density at radius 1 is 1.00 bits per heavy atom. The first-order valence-corrected chi connectivity index (χ1v) is 10.2. The number of rotatable bonds is 16. The molecule has 0 saturated heterocycles. The Balaban J connectivity index is 1.90. The van der Waals surface area contributed by atoms with Gasteiger partial charge in [-0.2, -0.15) is 0 Å². The maximum atomic E-state index is 11.7. The minimum atomic E-state index is -0.394. The number of imide groups is 1. The maximum absolute atomic E-state index is 11.7. The quantitative estimate of drug-likeness (QED) is 0.283. The monoisotopic (exact) mass is 411 g/mol. The minimum Gasteiger partial charge on any atom is -0.379 e. The molecule has 1 atom stereocenters. The van der Waals surface area contributed by atoms with Crippen LogP contribution in [0.25, 0.3) is 0 Å². The van der Waals surface area contributed by atoms with Gasteiger partial charge in [0.15, 0.2) is 0 Å². The Labute approximate surface area is 172 Å². The van der Waals surface area contributed by atoms with Crippen LogP contribution in [0.1, 0.15) is 46.0 Å². The van der Waals surface area contributed by atoms with E-state index in [1.165, 1.54) is 12.2 Å². The van der Waals surface area contributed by atoms with Gasteiger partial charge in [0.2, 0.25) is 11.8 Å². The normalized spacial score (nSPS) is 14.3. The molecule has 1 rings (SSSR count). The number of carbonyl (C=O) groups is 4. The van der Waals surface area contributed by atoms with Gasteiger partial charge in [-0.05, 0) is 13.3 Å². The fraction of sp³-hybridized carbons (Fsp3) is 0.700. The van der Waals surface area contributed by atoms with Crippen molar-refractivity contribution in [1.82, 2.24) is 15.5 Å². The van der Waals surface area contributed by atoms with Crippen molar-refractivity contribution in [3.05, 3.63) is 12.2 Å². The van der Waals surface area contributed by atoms with E-state index in [0.717, 1.165) is 24.2 Å². The summed E-state index contributed by atoms with van der Waals surface area (Å²) in [7, 11) is 0. The number of nitrogens with zero attached hydrogens (tertiary/aromatic N) is 1. The SMILES string of the molecule is CCCCC(C)NC(=O)CCOCCOCCNC(=O)CCN1C(=O)C=CC1=O. The molecule has 9 nitrogen and oxygen atoms in total. The van der Waals surface area contributed by atoms with Crippen LogP contribution in [0.2, 0.25) is 0 Å². The van der Waals surface area contributed by atoms with E-state index in [2.05, 4.69) is 17.6 Å². The Kier molecular flexibility index (Phi) is 12.6. The Bertz CT molecular complexity index is 561. The van der Waals surface area contributed by atoms with E-state index in [-0.39, 0.29) is 30.8 Å². The number of carbonyl (C=O) groups excluding carboxylic acids is 4. The predicted octanol–water partition coefficient (Wildman–Crippen LogP) is 0.536. The van der Waals surface area contributed by atoms with Crippen molar-refractivity contribution >= 4 is 23.6 Å². The van der Waals surface area contributed by atoms with Crippen LogP contribution in [0, 0.1) is 0 Å². The number of ether oxygens (including phenoxy) is 2. The second kappa shape index (κ2) is 14.7. The first-order valence-electron chi connectivity index (χ1n) is 10.2. The molecule has 0 aromatic carbocycles. The first kappa shape index (κ1) is 24.8. The smallest absolute Gasteiger partial charge is 0.253 e. The second-order valence-electron chi connectivity index (χ2n) is 6.85. The van der Waals surface area contributed by atoms with Crippen LogP contribution in [-0.2, 0) is 28.7 Å². The molecule has 0 spiro atoms. The number of unbranched alkanes of at least 4 members (excludes halogenated alkanes) is 1. The lowest BCUT2D eigenvalue weighted by Gasteiger charge is -2.13. The van der Waals surface area contributed by atoms with Crippen LogP contribution in [0.5, 0.6) is 0 Å². The van der Waals surface area contributed by atoms with Gasteiger partial charge in [-0.15, -0.1) is 0 Å². The zero-order valence-electron chi connectivity index (χ0n) is 17.4. The summed E-state index contributed by atoms with van der Waals surface area (Å²) in [6.45, 7) is 5.93. The summed E-state index contributed by atoms with van der Waals surface area (Å²) in [5, 5.41) is 5.60. The van der Waals surface area contributed by atoms with Crippen LogP contribution in [0.15, 0.2) is 12.2 Å². The lowest BCUT2D eigenvalue weighted by molar-refractivity contribution is -0.137. The number of amides is 4. The number of hydrogen-bond acceptors (Lipinski definition) is 6. The van der Waals surface area contributed by atoms with E-state index in [1.54, 1.807) is 0 Å². The fourth-order valence-electron chi connectivity index (χ4n) is 2.63. The molecule has 0 aliphatic carbocycles. The highest BCUT2D eigenvalue weighted by molar-refractivity contribution is 6.13. The molecule has 2 N–H and O–H groups in total. The number of nitrogens with one attached hydrogen (secondary N) is 2. The highest BCUT2D eigenvalue weighted by Gasteiger charge is 2.23. The molecule has 4 amide bonds. The molecule has 0 aromatic heterocycles. The van der Waals surface area contributed by atoms with Gasteiger partial charge in [0.05, 0.1) is 26.4 Å². The molecule has 164 valence electrons. The van der Waals surface area contributed by atoms with E-state index in [1.807, 2.05) is 6.92 Å². The highest BCUT2D eigenvalue weighted by Crippen LogP contribution is 2.04. The molecule has 0 saturated carbocycles. The summed E-state index contributed by atoms with van der Waals surface area (Å²) in [4.78, 5) is 47.2. The lowest BCUT2D eigenvalue weighted by Crippen LogP contribution is -2.35. The molecule has 1 heterocycles. The summed E-state index contributed by atoms with van der Waals surface area (Å²) in [5.41, 5.74) is 0. The highest BCUT2D eigenvalue weighted by atomic mass is 16.5. The summed E-state index contributed by atoms with van der Waals surface area (Å²) in [5.74, 6) is -1.05. The van der Waals surface area contributed by atoms with Crippen molar-refractivity contribution in [3.63, 3.8) is 0 Å². The molecule has 29 heavy (non-hydrogen) atoms. The minimum absolute atomic E-state index is 0.00894. The van der Waals surface area contributed by atoms with Crippen molar-refractivity contribution in [2.75, 3.05) is 39.5 Å². The predicted molar refractivity (Wildman–Crippen MR) is 107 cm³/mol. The molecular weight excluding hydrogens is 378 g/mol. The molecule has 0 aromatic rings. The zero-order chi connectivity index (χ0) is 21.5. The van der Waals surface area contributed by atoms with Crippen molar-refractivity contribution in [1.29, 1.82) is 0 Å². The van der Waals surface area contributed by atoms with E-state index >= 15 is 0 Å². The fourth-order valence-corrected chi connectivity index (χ4v) is 2.63.